The number of carbonyl (C=O) groups excluding carboxylic acids is 1. The SMILES string of the molecule is CC1CC(C)CN(C(=O)CN2CCN(c3cc(N4CCCC4)ncn3)CC2)C1. The summed E-state index contributed by atoms with van der Waals surface area (Å²) in [6, 6.07) is 2.13. The van der Waals surface area contributed by atoms with E-state index >= 15 is 0 Å². The number of rotatable bonds is 4. The number of aromatic nitrogens is 2. The minimum atomic E-state index is 0.296. The van der Waals surface area contributed by atoms with Crippen LogP contribution in [0.25, 0.3) is 0 Å². The number of nitrogens with zero attached hydrogens (tertiary/aromatic N) is 6. The van der Waals surface area contributed by atoms with Gasteiger partial charge in [-0.25, -0.2) is 9.97 Å². The van der Waals surface area contributed by atoms with E-state index in [0.717, 1.165) is 64.0 Å². The average molecular weight is 387 g/mol. The van der Waals surface area contributed by atoms with Crippen LogP contribution in [0.3, 0.4) is 0 Å². The van der Waals surface area contributed by atoms with E-state index in [1.807, 2.05) is 0 Å². The van der Waals surface area contributed by atoms with E-state index in [1.54, 1.807) is 6.33 Å². The molecule has 2 atom stereocenters. The molecule has 1 aromatic heterocycles. The molecule has 0 aromatic carbocycles. The number of piperazine rings is 1. The van der Waals surface area contributed by atoms with Crippen molar-refractivity contribution in [1.29, 1.82) is 0 Å². The van der Waals surface area contributed by atoms with Crippen LogP contribution in [0.4, 0.5) is 11.6 Å². The summed E-state index contributed by atoms with van der Waals surface area (Å²) in [6.45, 7) is 12.7. The summed E-state index contributed by atoms with van der Waals surface area (Å²) in [5, 5.41) is 0. The van der Waals surface area contributed by atoms with Crippen molar-refractivity contribution in [1.82, 2.24) is 19.8 Å². The van der Waals surface area contributed by atoms with Crippen LogP contribution in [0.15, 0.2) is 12.4 Å². The number of likely N-dealkylation sites (tertiary alicyclic amines) is 1. The predicted molar refractivity (Wildman–Crippen MR) is 112 cm³/mol. The number of hydrogen-bond acceptors (Lipinski definition) is 6. The Morgan fingerprint density at radius 3 is 2.11 bits per heavy atom. The molecule has 0 saturated carbocycles. The first-order chi connectivity index (χ1) is 13.6. The fourth-order valence-electron chi connectivity index (χ4n) is 4.92. The van der Waals surface area contributed by atoms with Gasteiger partial charge >= 0.3 is 0 Å². The van der Waals surface area contributed by atoms with Gasteiger partial charge in [0.05, 0.1) is 6.54 Å². The summed E-state index contributed by atoms with van der Waals surface area (Å²) in [6.07, 6.45) is 5.43. The monoisotopic (exact) mass is 386 g/mol. The summed E-state index contributed by atoms with van der Waals surface area (Å²) in [4.78, 5) is 30.8. The molecular formula is C21H34N6O. The third-order valence-electron chi connectivity index (χ3n) is 6.34. The molecule has 7 heteroatoms. The highest BCUT2D eigenvalue weighted by molar-refractivity contribution is 5.78. The third kappa shape index (κ3) is 4.57. The topological polar surface area (TPSA) is 55.8 Å². The maximum absolute atomic E-state index is 12.7. The second-order valence-electron chi connectivity index (χ2n) is 8.94. The fourth-order valence-corrected chi connectivity index (χ4v) is 4.92. The normalized spacial score (nSPS) is 26.7. The Bertz CT molecular complexity index is 659. The van der Waals surface area contributed by atoms with Crippen LogP contribution in [-0.2, 0) is 4.79 Å². The van der Waals surface area contributed by atoms with Crippen molar-refractivity contribution in [3.8, 4) is 0 Å². The second-order valence-corrected chi connectivity index (χ2v) is 8.94. The van der Waals surface area contributed by atoms with Gasteiger partial charge in [-0.05, 0) is 31.1 Å². The Morgan fingerprint density at radius 2 is 1.50 bits per heavy atom. The van der Waals surface area contributed by atoms with Crippen LogP contribution in [0.2, 0.25) is 0 Å². The van der Waals surface area contributed by atoms with Crippen molar-refractivity contribution in [2.45, 2.75) is 33.1 Å². The van der Waals surface area contributed by atoms with Crippen molar-refractivity contribution in [3.05, 3.63) is 12.4 Å². The second kappa shape index (κ2) is 8.64. The van der Waals surface area contributed by atoms with Gasteiger partial charge in [0.2, 0.25) is 5.91 Å². The third-order valence-corrected chi connectivity index (χ3v) is 6.34. The lowest BCUT2D eigenvalue weighted by atomic mass is 9.92. The molecule has 3 aliphatic rings. The van der Waals surface area contributed by atoms with Gasteiger partial charge in [0.25, 0.3) is 0 Å². The zero-order valence-corrected chi connectivity index (χ0v) is 17.4. The van der Waals surface area contributed by atoms with Crippen LogP contribution in [-0.4, -0.2) is 84.6 Å². The van der Waals surface area contributed by atoms with E-state index in [1.165, 1.54) is 19.3 Å². The molecule has 1 amide bonds. The molecule has 3 fully saturated rings. The van der Waals surface area contributed by atoms with Crippen LogP contribution < -0.4 is 9.80 Å². The zero-order chi connectivity index (χ0) is 19.5. The van der Waals surface area contributed by atoms with Crippen molar-refractivity contribution >= 4 is 17.5 Å². The molecule has 28 heavy (non-hydrogen) atoms. The number of piperidine rings is 1. The summed E-state index contributed by atoms with van der Waals surface area (Å²) >= 11 is 0. The molecule has 0 bridgehead atoms. The predicted octanol–water partition coefficient (Wildman–Crippen LogP) is 1.70. The Hall–Kier alpha value is -1.89. The van der Waals surface area contributed by atoms with E-state index in [0.29, 0.717) is 24.3 Å². The van der Waals surface area contributed by atoms with Gasteiger partial charge in [-0.2, -0.15) is 0 Å². The molecule has 2 unspecified atom stereocenters. The van der Waals surface area contributed by atoms with E-state index in [-0.39, 0.29) is 0 Å². The highest BCUT2D eigenvalue weighted by atomic mass is 16.2. The quantitative estimate of drug-likeness (QED) is 0.785. The first kappa shape index (κ1) is 19.4. The van der Waals surface area contributed by atoms with Crippen molar-refractivity contribution in [2.24, 2.45) is 11.8 Å². The molecule has 3 saturated heterocycles. The van der Waals surface area contributed by atoms with Gasteiger partial charge in [-0.15, -0.1) is 0 Å². The highest BCUT2D eigenvalue weighted by Gasteiger charge is 2.28. The van der Waals surface area contributed by atoms with E-state index in [9.17, 15) is 4.79 Å². The minimum absolute atomic E-state index is 0.296. The average Bonchev–Trinajstić information content (AvgIpc) is 3.23. The summed E-state index contributed by atoms with van der Waals surface area (Å²) in [5.41, 5.74) is 0. The molecule has 4 rings (SSSR count). The Labute approximate surface area is 168 Å². The molecule has 0 N–H and O–H groups in total. The largest absolute Gasteiger partial charge is 0.356 e. The smallest absolute Gasteiger partial charge is 0.236 e. The van der Waals surface area contributed by atoms with E-state index in [2.05, 4.69) is 49.5 Å². The van der Waals surface area contributed by atoms with Gasteiger partial charge in [-0.1, -0.05) is 13.8 Å². The van der Waals surface area contributed by atoms with Crippen LogP contribution in [0.5, 0.6) is 0 Å². The number of amides is 1. The van der Waals surface area contributed by atoms with E-state index in [4.69, 9.17) is 0 Å². The lowest BCUT2D eigenvalue weighted by Crippen LogP contribution is -2.52. The first-order valence-electron chi connectivity index (χ1n) is 10.9. The zero-order valence-electron chi connectivity index (χ0n) is 17.4. The molecule has 0 aliphatic carbocycles. The lowest BCUT2D eigenvalue weighted by Gasteiger charge is -2.38. The van der Waals surface area contributed by atoms with Gasteiger partial charge in [0, 0.05) is 58.4 Å². The number of anilines is 2. The molecule has 3 aliphatic heterocycles. The van der Waals surface area contributed by atoms with Gasteiger partial charge in [0.1, 0.15) is 18.0 Å². The van der Waals surface area contributed by atoms with Gasteiger partial charge in [0.15, 0.2) is 0 Å². The molecule has 0 spiro atoms. The molecule has 0 radical (unpaired) electrons. The number of carbonyl (C=O) groups is 1. The van der Waals surface area contributed by atoms with Crippen LogP contribution in [0, 0.1) is 11.8 Å². The standard InChI is InChI=1S/C21H34N6O/c1-17-11-18(2)14-27(13-17)21(28)15-24-7-9-26(10-8-24)20-12-19(22-16-23-20)25-5-3-4-6-25/h12,16-18H,3-11,13-15H2,1-2H3. The summed E-state index contributed by atoms with van der Waals surface area (Å²) in [5.74, 6) is 3.60. The van der Waals surface area contributed by atoms with Crippen molar-refractivity contribution in [2.75, 3.05) is 68.7 Å². The Morgan fingerprint density at radius 1 is 0.929 bits per heavy atom. The van der Waals surface area contributed by atoms with Crippen LogP contribution in [0.1, 0.15) is 33.1 Å². The molecule has 7 nitrogen and oxygen atoms in total. The van der Waals surface area contributed by atoms with Crippen LogP contribution >= 0.6 is 0 Å². The molecule has 154 valence electrons. The summed E-state index contributed by atoms with van der Waals surface area (Å²) in [7, 11) is 0. The summed E-state index contributed by atoms with van der Waals surface area (Å²) < 4.78 is 0. The lowest BCUT2D eigenvalue weighted by molar-refractivity contribution is -0.135. The maximum atomic E-state index is 12.7. The number of hydrogen-bond donors (Lipinski definition) is 0. The minimum Gasteiger partial charge on any atom is -0.356 e. The first-order valence-corrected chi connectivity index (χ1v) is 10.9. The van der Waals surface area contributed by atoms with Gasteiger partial charge < -0.3 is 14.7 Å². The Kier molecular flexibility index (Phi) is 5.99. The highest BCUT2D eigenvalue weighted by Crippen LogP contribution is 2.23. The van der Waals surface area contributed by atoms with Crippen molar-refractivity contribution < 1.29 is 4.79 Å². The molecule has 4 heterocycles. The van der Waals surface area contributed by atoms with E-state index < -0.39 is 0 Å². The maximum Gasteiger partial charge on any atom is 0.236 e. The molecular weight excluding hydrogens is 352 g/mol. The Balaban J connectivity index is 1.29. The molecule has 1 aromatic rings. The van der Waals surface area contributed by atoms with Crippen molar-refractivity contribution in [3.63, 3.8) is 0 Å². The fraction of sp³-hybridized carbons (Fsp3) is 0.762. The van der Waals surface area contributed by atoms with Gasteiger partial charge in [-0.3, -0.25) is 9.69 Å².